The number of rotatable bonds is 10. The molecular weight excluding hydrogens is 1760 g/mol. The predicted octanol–water partition coefficient (Wildman–Crippen LogP) is 25.8. The van der Waals surface area contributed by atoms with Crippen LogP contribution in [0.25, 0.3) is 140 Å². The molecule has 144 heavy (non-hydrogen) atoms. The van der Waals surface area contributed by atoms with Crippen LogP contribution in [-0.2, 0) is 66.7 Å². The second-order valence-electron chi connectivity index (χ2n) is 40.0. The van der Waals surface area contributed by atoms with Crippen LogP contribution < -0.4 is 28.1 Å². The zero-order valence-electron chi connectivity index (χ0n) is 91.6. The quantitative estimate of drug-likeness (QED) is 0.125. The van der Waals surface area contributed by atoms with Crippen LogP contribution in [0.3, 0.4) is 0 Å². The number of para-hydroxylation sites is 9. The first-order valence-corrected chi connectivity index (χ1v) is 50.4. The summed E-state index contributed by atoms with van der Waals surface area (Å²) in [6.07, 6.45) is 24.8. The molecule has 0 spiro atoms. The maximum atomic E-state index is 8.98. The average molecular weight is 1890 g/mol. The summed E-state index contributed by atoms with van der Waals surface area (Å²) in [5.41, 5.74) is 46.5. The number of aromatic nitrogens is 14. The van der Waals surface area contributed by atoms with E-state index in [9.17, 15) is 0 Å². The van der Waals surface area contributed by atoms with Gasteiger partial charge in [0.25, 0.3) is 0 Å². The molecule has 1 fully saturated rings. The fourth-order valence-corrected chi connectivity index (χ4v) is 23.2. The van der Waals surface area contributed by atoms with E-state index in [-0.39, 0.29) is 12.1 Å². The van der Waals surface area contributed by atoms with Crippen LogP contribution in [0.15, 0.2) is 329 Å². The Morgan fingerprint density at radius 1 is 0.326 bits per heavy atom. The van der Waals surface area contributed by atoms with Gasteiger partial charge in [0.05, 0.1) is 94.8 Å². The van der Waals surface area contributed by atoms with Crippen LogP contribution in [0.2, 0.25) is 0 Å². The molecule has 0 N–H and O–H groups in total. The van der Waals surface area contributed by atoms with Crippen molar-refractivity contribution in [3.63, 3.8) is 0 Å². The first-order valence-electron chi connectivity index (χ1n) is 54.4. The van der Waals surface area contributed by atoms with E-state index in [1.807, 2.05) is 127 Å². The van der Waals surface area contributed by atoms with Crippen LogP contribution in [0.5, 0.6) is 0 Å². The summed E-state index contributed by atoms with van der Waals surface area (Å²) in [5.74, 6) is 5.58. The van der Waals surface area contributed by atoms with Gasteiger partial charge in [-0.2, -0.15) is 0 Å². The molecule has 16 nitrogen and oxygen atoms in total. The number of pyridine rings is 4. The van der Waals surface area contributed by atoms with E-state index < -0.39 is 20.1 Å². The van der Waals surface area contributed by atoms with E-state index in [2.05, 4.69) is 328 Å². The molecule has 1 atom stereocenters. The van der Waals surface area contributed by atoms with Gasteiger partial charge in [-0.3, -0.25) is 18.3 Å². The number of nitrogens with zero attached hydrogens (tertiary/aromatic N) is 16. The predicted molar refractivity (Wildman–Crippen MR) is 582 cm³/mol. The molecule has 0 radical (unpaired) electrons. The van der Waals surface area contributed by atoms with Gasteiger partial charge in [-0.05, 0) is 261 Å². The molecule has 12 aromatic carbocycles. The molecule has 28 rings (SSSR count). The largest absolute Gasteiger partial charge is 0.326 e. The smallest absolute Gasteiger partial charge is 0.213 e. The van der Waals surface area contributed by atoms with Crippen molar-refractivity contribution in [1.29, 1.82) is 0 Å². The molecule has 0 amide bonds. The van der Waals surface area contributed by atoms with Crippen molar-refractivity contribution in [1.82, 2.24) is 47.8 Å². The second-order valence-corrected chi connectivity index (χ2v) is 40.0. The Hall–Kier alpha value is -16.3. The van der Waals surface area contributed by atoms with Gasteiger partial charge in [-0.1, -0.05) is 190 Å². The summed E-state index contributed by atoms with van der Waals surface area (Å²) >= 11 is 0. The highest BCUT2D eigenvalue weighted by atomic mass is 15.4. The van der Waals surface area contributed by atoms with Gasteiger partial charge in [0.15, 0.2) is 24.8 Å². The monoisotopic (exact) mass is 1890 g/mol. The van der Waals surface area contributed by atoms with E-state index in [4.69, 9.17) is 30.9 Å². The highest BCUT2D eigenvalue weighted by Gasteiger charge is 2.35. The highest BCUT2D eigenvalue weighted by Crippen LogP contribution is 2.45. The Kier molecular flexibility index (Phi) is 20.7. The topological polar surface area (TPSA) is 111 Å². The third-order valence-electron chi connectivity index (χ3n) is 30.5. The number of hydrogen-bond donors (Lipinski definition) is 0. The van der Waals surface area contributed by atoms with Gasteiger partial charge in [-0.15, -0.1) is 0 Å². The molecule has 6 aliphatic heterocycles. The fourth-order valence-electron chi connectivity index (χ4n) is 23.2. The lowest BCUT2D eigenvalue weighted by Gasteiger charge is -2.31. The standard InChI is InChI=1S/2C28H24N3.C28H30N3.C23H22N3.C21H20N4/c2*1-18-13-21-14-28-29-24-11-7-8-12-25(24)31(28)26(21)16-23(18)27-15-22(19(2)17-30(27)3)20-9-5-4-6-10-20;1-19-14-22-17-28-29-24-10-6-7-11-25(24)31(28)26(22)18-23(19)27-16-21(12-13-30(27)2)15-20-8-4-3-5-9-20;1-14-10-22(25(4)13-16(14)3)18-12-21-17(9-15(18)2)11-23-24-19-7-5-6-8-20(19)26(21)23;1-15-12-17-13-21-22-8-9-25(21)20(17)14-19(15)24-11-10-23(16(24)2)18-6-4-3-5-7-18/h2*4-13,15-17H,14H2,1-3H3;6-7,10-14,16,18,20H,3-5,8-9,15,17H2,1-2H3;5-10,12-13H,11H2,1-4H3;3-12,14,16H,13H2,1-2H3/q4*+1;/t;;;;16-/m....0/s1/i2D3;;15D2;3D3;. The average Bonchev–Trinajstić information content (AvgIpc) is 1.58. The van der Waals surface area contributed by atoms with Crippen molar-refractivity contribution in [3.05, 3.63) is 441 Å². The Bertz CT molecular complexity index is 9130. The van der Waals surface area contributed by atoms with Crippen molar-refractivity contribution >= 4 is 55.5 Å². The minimum atomic E-state index is -2.21. The number of aryl methyl sites for hydroxylation is 13. The molecule has 9 aromatic heterocycles. The summed E-state index contributed by atoms with van der Waals surface area (Å²) in [6.45, 7) is 12.8. The molecule has 0 saturated heterocycles. The molecule has 1 aliphatic carbocycles. The first-order chi connectivity index (χ1) is 73.3. The van der Waals surface area contributed by atoms with Crippen LogP contribution in [0.4, 0.5) is 11.4 Å². The number of fused-ring (bicyclic) bond motifs is 23. The van der Waals surface area contributed by atoms with Crippen LogP contribution in [0, 0.1) is 68.1 Å². The molecule has 1 saturated carbocycles. The zero-order chi connectivity index (χ0) is 105. The van der Waals surface area contributed by atoms with E-state index >= 15 is 0 Å². The summed E-state index contributed by atoms with van der Waals surface area (Å²) in [4.78, 5) is 28.5. The molecule has 15 heterocycles. The SMILES string of the molecule is Cc1c[n+](C)c(-c2cc3c(cc2C)Cc2nc4ccccc4n2-3)cc1-c1ccccc1.Cc1cc2c(cc1N1C=CN(c3ccccc3)[C@@H]1C)-n1ccnc1C2.[2H]C([2H])([2H])c1c[n+](C)c(-c2cc3c(cc2C)Cc2nc4ccccc4n2-3)cc1-c1ccccc1.[2H]C([2H])([2H])c1c[n+](C)c(-c2cc3c(cc2C)Cc2nc4ccccc4n2-3)cc1C.[2H]C([2H])(c1cc[n+](C)c(-c2cc3c(cc2C)Cc2nc4ccccc4n2-3)c1)C1CCCCC1. The molecule has 7 aliphatic rings. The van der Waals surface area contributed by atoms with E-state index in [1.165, 1.54) is 118 Å². The lowest BCUT2D eigenvalue weighted by atomic mass is 9.85. The Labute approximate surface area is 854 Å². The van der Waals surface area contributed by atoms with Gasteiger partial charge in [0.1, 0.15) is 63.5 Å². The van der Waals surface area contributed by atoms with E-state index in [1.54, 1.807) is 12.4 Å². The second kappa shape index (κ2) is 36.6. The van der Waals surface area contributed by atoms with Crippen molar-refractivity contribution in [2.75, 3.05) is 9.80 Å². The van der Waals surface area contributed by atoms with Crippen LogP contribution in [0.1, 0.15) is 163 Å². The molecular formula is C128H120N16+4. The van der Waals surface area contributed by atoms with Gasteiger partial charge in [0, 0.05) is 126 Å². The zero-order valence-corrected chi connectivity index (χ0v) is 83.6. The minimum Gasteiger partial charge on any atom is -0.326 e. The van der Waals surface area contributed by atoms with Gasteiger partial charge in [0.2, 0.25) is 22.8 Å². The van der Waals surface area contributed by atoms with Crippen molar-refractivity contribution in [2.24, 2.45) is 34.1 Å². The molecule has 21 aromatic rings. The number of hydrogen-bond acceptors (Lipinski definition) is 7. The van der Waals surface area contributed by atoms with Gasteiger partial charge >= 0.3 is 0 Å². The minimum absolute atomic E-state index is 0.104. The number of anilines is 2. The van der Waals surface area contributed by atoms with Crippen LogP contribution in [-0.4, -0.2) is 53.9 Å². The van der Waals surface area contributed by atoms with Crippen molar-refractivity contribution in [2.45, 2.75) is 146 Å². The van der Waals surface area contributed by atoms with Crippen molar-refractivity contribution < 1.29 is 29.2 Å². The van der Waals surface area contributed by atoms with Crippen LogP contribution >= 0.6 is 0 Å². The Morgan fingerprint density at radius 3 is 1.15 bits per heavy atom. The fraction of sp³-hybridized carbons (Fsp3) is 0.211. The number of imidazole rings is 5. The summed E-state index contributed by atoms with van der Waals surface area (Å²) in [7, 11) is 8.03. The third kappa shape index (κ3) is 16.2. The molecule has 0 unspecified atom stereocenters. The maximum absolute atomic E-state index is 8.98. The van der Waals surface area contributed by atoms with E-state index in [0.29, 0.717) is 11.1 Å². The summed E-state index contributed by atoms with van der Waals surface area (Å²) in [6, 6.07) is 97.3. The Morgan fingerprint density at radius 2 is 0.701 bits per heavy atom. The van der Waals surface area contributed by atoms with Gasteiger partial charge in [-0.25, -0.2) is 43.2 Å². The Balaban J connectivity index is 0.000000101. The lowest BCUT2D eigenvalue weighted by molar-refractivity contribution is -0.660. The highest BCUT2D eigenvalue weighted by molar-refractivity contribution is 5.87. The first kappa shape index (κ1) is 81.4. The van der Waals surface area contributed by atoms with E-state index in [0.717, 1.165) is 198 Å². The summed E-state index contributed by atoms with van der Waals surface area (Å²) in [5, 5.41) is 0. The molecule has 708 valence electrons. The number of benzene rings is 12. The molecule has 0 bridgehead atoms. The summed E-state index contributed by atoms with van der Waals surface area (Å²) < 4.78 is 85.2. The normalized spacial score (nSPS) is 15.2. The lowest BCUT2D eigenvalue weighted by Crippen LogP contribution is -2.36. The van der Waals surface area contributed by atoms with Crippen molar-refractivity contribution in [3.8, 4) is 95.7 Å². The molecule has 16 heteroatoms. The van der Waals surface area contributed by atoms with Gasteiger partial charge < -0.3 is 14.4 Å². The third-order valence-corrected chi connectivity index (χ3v) is 30.5. The maximum Gasteiger partial charge on any atom is 0.213 e.